The van der Waals surface area contributed by atoms with Crippen molar-refractivity contribution < 1.29 is 0 Å². The van der Waals surface area contributed by atoms with Crippen molar-refractivity contribution in [3.63, 3.8) is 0 Å². The lowest BCUT2D eigenvalue weighted by atomic mass is 10.4. The van der Waals surface area contributed by atoms with Crippen molar-refractivity contribution in [1.29, 1.82) is 10.5 Å². The molecular formula is C8H12N2S2. The van der Waals surface area contributed by atoms with E-state index in [0.717, 1.165) is 0 Å². The van der Waals surface area contributed by atoms with Crippen molar-refractivity contribution in [2.45, 2.75) is 37.2 Å². The fourth-order valence-corrected chi connectivity index (χ4v) is 2.73. The SMILES string of the molecule is CC(CC#N)SSC(C)CC#N. The smallest absolute Gasteiger partial charge is 0.0633 e. The first-order chi connectivity index (χ1) is 5.70. The summed E-state index contributed by atoms with van der Waals surface area (Å²) in [6, 6.07) is 4.25. The van der Waals surface area contributed by atoms with Gasteiger partial charge in [-0.2, -0.15) is 10.5 Å². The Kier molecular flexibility index (Phi) is 7.14. The van der Waals surface area contributed by atoms with Crippen molar-refractivity contribution >= 4 is 21.6 Å². The van der Waals surface area contributed by atoms with Crippen molar-refractivity contribution in [2.24, 2.45) is 0 Å². The summed E-state index contributed by atoms with van der Waals surface area (Å²) in [6.45, 7) is 4.06. The molecule has 0 amide bonds. The zero-order valence-electron chi connectivity index (χ0n) is 7.28. The van der Waals surface area contributed by atoms with E-state index in [1.54, 1.807) is 21.6 Å². The fraction of sp³-hybridized carbons (Fsp3) is 0.750. The van der Waals surface area contributed by atoms with Gasteiger partial charge in [-0.25, -0.2) is 0 Å². The quantitative estimate of drug-likeness (QED) is 0.640. The summed E-state index contributed by atoms with van der Waals surface area (Å²) >= 11 is 0. The van der Waals surface area contributed by atoms with E-state index in [9.17, 15) is 0 Å². The topological polar surface area (TPSA) is 47.6 Å². The van der Waals surface area contributed by atoms with Crippen LogP contribution in [0.25, 0.3) is 0 Å². The molecule has 0 aliphatic heterocycles. The Morgan fingerprint density at radius 3 is 1.58 bits per heavy atom. The van der Waals surface area contributed by atoms with Crippen molar-refractivity contribution in [1.82, 2.24) is 0 Å². The first-order valence-corrected chi connectivity index (χ1v) is 6.04. The molecule has 0 saturated heterocycles. The second-order valence-corrected chi connectivity index (χ2v) is 5.69. The first kappa shape index (κ1) is 11.7. The molecule has 0 rings (SSSR count). The molecule has 0 aromatic carbocycles. The largest absolute Gasteiger partial charge is 0.198 e. The Labute approximate surface area is 81.7 Å². The summed E-state index contributed by atoms with van der Waals surface area (Å²) in [5, 5.41) is 17.5. The molecule has 0 heterocycles. The van der Waals surface area contributed by atoms with Gasteiger partial charge in [-0.05, 0) is 0 Å². The molecule has 0 aliphatic carbocycles. The highest BCUT2D eigenvalue weighted by molar-refractivity contribution is 8.77. The molecule has 2 atom stereocenters. The summed E-state index contributed by atoms with van der Waals surface area (Å²) < 4.78 is 0. The van der Waals surface area contributed by atoms with Crippen LogP contribution in [0, 0.1) is 22.7 Å². The van der Waals surface area contributed by atoms with E-state index in [4.69, 9.17) is 10.5 Å². The molecule has 4 heteroatoms. The van der Waals surface area contributed by atoms with E-state index in [1.807, 2.05) is 13.8 Å². The Hall–Kier alpha value is -0.320. The lowest BCUT2D eigenvalue weighted by Crippen LogP contribution is -1.95. The maximum Gasteiger partial charge on any atom is 0.0633 e. The van der Waals surface area contributed by atoms with E-state index in [2.05, 4.69) is 12.1 Å². The van der Waals surface area contributed by atoms with Gasteiger partial charge in [0, 0.05) is 23.3 Å². The van der Waals surface area contributed by atoms with E-state index in [-0.39, 0.29) is 0 Å². The third-order valence-corrected chi connectivity index (χ3v) is 4.55. The summed E-state index contributed by atoms with van der Waals surface area (Å²) in [6.07, 6.45) is 1.16. The third-order valence-electron chi connectivity index (χ3n) is 1.14. The molecule has 0 radical (unpaired) electrons. The molecule has 0 fully saturated rings. The minimum atomic E-state index is 0.362. The third kappa shape index (κ3) is 6.39. The monoisotopic (exact) mass is 200 g/mol. The summed E-state index contributed by atoms with van der Waals surface area (Å²) in [4.78, 5) is 0. The van der Waals surface area contributed by atoms with Gasteiger partial charge in [0.2, 0.25) is 0 Å². The highest BCUT2D eigenvalue weighted by Crippen LogP contribution is 2.33. The maximum absolute atomic E-state index is 8.38. The Morgan fingerprint density at radius 2 is 1.33 bits per heavy atom. The minimum Gasteiger partial charge on any atom is -0.198 e. The molecule has 0 N–H and O–H groups in total. The predicted molar refractivity (Wildman–Crippen MR) is 54.6 cm³/mol. The van der Waals surface area contributed by atoms with E-state index in [1.165, 1.54) is 0 Å². The second kappa shape index (κ2) is 7.34. The van der Waals surface area contributed by atoms with Gasteiger partial charge in [0.1, 0.15) is 0 Å². The highest BCUT2D eigenvalue weighted by Gasteiger charge is 2.06. The average Bonchev–Trinajstić information content (AvgIpc) is 2.02. The summed E-state index contributed by atoms with van der Waals surface area (Å²) in [5.41, 5.74) is 0. The second-order valence-electron chi connectivity index (χ2n) is 2.54. The van der Waals surface area contributed by atoms with Crippen LogP contribution in [0.5, 0.6) is 0 Å². The lowest BCUT2D eigenvalue weighted by molar-refractivity contribution is 0.989. The summed E-state index contributed by atoms with van der Waals surface area (Å²) in [5.74, 6) is 0. The number of nitriles is 2. The zero-order chi connectivity index (χ0) is 9.40. The van der Waals surface area contributed by atoms with Gasteiger partial charge >= 0.3 is 0 Å². The van der Waals surface area contributed by atoms with Crippen LogP contribution in [0.4, 0.5) is 0 Å². The molecule has 0 spiro atoms. The Morgan fingerprint density at radius 1 is 1.00 bits per heavy atom. The highest BCUT2D eigenvalue weighted by atomic mass is 33.1. The lowest BCUT2D eigenvalue weighted by Gasteiger charge is -2.08. The van der Waals surface area contributed by atoms with E-state index < -0.39 is 0 Å². The average molecular weight is 200 g/mol. The minimum absolute atomic E-state index is 0.362. The van der Waals surface area contributed by atoms with Crippen molar-refractivity contribution in [3.05, 3.63) is 0 Å². The molecule has 12 heavy (non-hydrogen) atoms. The number of nitrogens with zero attached hydrogens (tertiary/aromatic N) is 2. The van der Waals surface area contributed by atoms with Gasteiger partial charge in [-0.1, -0.05) is 35.4 Å². The molecule has 0 saturated carbocycles. The molecular weight excluding hydrogens is 188 g/mol. The van der Waals surface area contributed by atoms with Gasteiger partial charge in [-0.3, -0.25) is 0 Å². The number of hydrogen-bond acceptors (Lipinski definition) is 4. The van der Waals surface area contributed by atoms with Crippen LogP contribution in [0.3, 0.4) is 0 Å². The van der Waals surface area contributed by atoms with Crippen molar-refractivity contribution in [3.8, 4) is 12.1 Å². The standard InChI is InChI=1S/C8H12N2S2/c1-7(3-5-9)11-12-8(2)4-6-10/h7-8H,3-4H2,1-2H3. The van der Waals surface area contributed by atoms with E-state index >= 15 is 0 Å². The molecule has 0 aromatic rings. The van der Waals surface area contributed by atoms with Crippen LogP contribution in [-0.2, 0) is 0 Å². The molecule has 0 aliphatic rings. The fourth-order valence-electron chi connectivity index (χ4n) is 0.515. The Balaban J connectivity index is 3.42. The number of hydrogen-bond donors (Lipinski definition) is 0. The van der Waals surface area contributed by atoms with Gasteiger partial charge in [-0.15, -0.1) is 0 Å². The van der Waals surface area contributed by atoms with Crippen LogP contribution >= 0.6 is 21.6 Å². The molecule has 0 aromatic heterocycles. The van der Waals surface area contributed by atoms with Crippen LogP contribution < -0.4 is 0 Å². The molecule has 2 nitrogen and oxygen atoms in total. The Bertz CT molecular complexity index is 170. The van der Waals surface area contributed by atoms with Crippen LogP contribution in [0.2, 0.25) is 0 Å². The predicted octanol–water partition coefficient (Wildman–Crippen LogP) is 2.97. The summed E-state index contributed by atoms with van der Waals surface area (Å²) in [7, 11) is 3.38. The van der Waals surface area contributed by atoms with Crippen molar-refractivity contribution in [2.75, 3.05) is 0 Å². The molecule has 66 valence electrons. The van der Waals surface area contributed by atoms with Gasteiger partial charge in [0.25, 0.3) is 0 Å². The molecule has 2 unspecified atom stereocenters. The van der Waals surface area contributed by atoms with Crippen LogP contribution in [0.1, 0.15) is 26.7 Å². The normalized spacial score (nSPS) is 14.3. The molecule has 0 bridgehead atoms. The van der Waals surface area contributed by atoms with Gasteiger partial charge < -0.3 is 0 Å². The van der Waals surface area contributed by atoms with Gasteiger partial charge in [0.15, 0.2) is 0 Å². The zero-order valence-corrected chi connectivity index (χ0v) is 8.91. The van der Waals surface area contributed by atoms with Crippen LogP contribution in [0.15, 0.2) is 0 Å². The first-order valence-electron chi connectivity index (χ1n) is 3.76. The van der Waals surface area contributed by atoms with Crippen LogP contribution in [-0.4, -0.2) is 10.5 Å². The van der Waals surface area contributed by atoms with E-state index in [0.29, 0.717) is 23.3 Å². The van der Waals surface area contributed by atoms with Gasteiger partial charge in [0.05, 0.1) is 12.1 Å². The maximum atomic E-state index is 8.38. The number of rotatable bonds is 5.